The van der Waals surface area contributed by atoms with Crippen LogP contribution in [0.3, 0.4) is 0 Å². The number of carbonyl (C=O) groups is 2. The molecule has 1 saturated carbocycles. The Bertz CT molecular complexity index is 935. The van der Waals surface area contributed by atoms with Crippen LogP contribution in [-0.2, 0) is 10.2 Å². The SMILES string of the molecule is COc1ccccc1C(=O)NC(C(=O)NCC1(c2ccccc2OC)CCCC1)C(C)C. The van der Waals surface area contributed by atoms with Gasteiger partial charge in [-0.3, -0.25) is 9.59 Å². The summed E-state index contributed by atoms with van der Waals surface area (Å²) >= 11 is 0. The number of methoxy groups -OCH3 is 2. The summed E-state index contributed by atoms with van der Waals surface area (Å²) in [7, 11) is 3.21. The summed E-state index contributed by atoms with van der Waals surface area (Å²) in [6, 6.07) is 14.4. The second-order valence-corrected chi connectivity index (χ2v) is 8.80. The molecule has 0 bridgehead atoms. The molecular weight excluding hydrogens is 404 g/mol. The number of nitrogens with one attached hydrogen (secondary N) is 2. The highest BCUT2D eigenvalue weighted by Crippen LogP contribution is 2.44. The van der Waals surface area contributed by atoms with Gasteiger partial charge in [-0.25, -0.2) is 0 Å². The Balaban J connectivity index is 1.75. The van der Waals surface area contributed by atoms with Crippen molar-refractivity contribution in [3.05, 3.63) is 59.7 Å². The molecule has 0 heterocycles. The molecule has 1 unspecified atom stereocenters. The normalized spacial score (nSPS) is 15.8. The van der Waals surface area contributed by atoms with E-state index < -0.39 is 6.04 Å². The van der Waals surface area contributed by atoms with E-state index in [2.05, 4.69) is 16.7 Å². The molecule has 2 aromatic rings. The summed E-state index contributed by atoms with van der Waals surface area (Å²) in [4.78, 5) is 26.1. The van der Waals surface area contributed by atoms with E-state index in [0.717, 1.165) is 37.0 Å². The average molecular weight is 439 g/mol. The van der Waals surface area contributed by atoms with Gasteiger partial charge in [-0.2, -0.15) is 0 Å². The van der Waals surface area contributed by atoms with Crippen molar-refractivity contribution in [3.63, 3.8) is 0 Å². The zero-order chi connectivity index (χ0) is 23.1. The van der Waals surface area contributed by atoms with Gasteiger partial charge < -0.3 is 20.1 Å². The van der Waals surface area contributed by atoms with Crippen LogP contribution in [-0.4, -0.2) is 38.6 Å². The van der Waals surface area contributed by atoms with E-state index in [-0.39, 0.29) is 23.1 Å². The number of amides is 2. The highest BCUT2D eigenvalue weighted by molar-refractivity contribution is 5.99. The maximum absolute atomic E-state index is 13.2. The van der Waals surface area contributed by atoms with E-state index in [1.165, 1.54) is 7.11 Å². The highest BCUT2D eigenvalue weighted by atomic mass is 16.5. The summed E-state index contributed by atoms with van der Waals surface area (Å²) < 4.78 is 10.9. The molecule has 6 nitrogen and oxygen atoms in total. The van der Waals surface area contributed by atoms with Crippen LogP contribution in [0, 0.1) is 5.92 Å². The Hall–Kier alpha value is -3.02. The maximum atomic E-state index is 13.2. The van der Waals surface area contributed by atoms with Crippen molar-refractivity contribution in [1.82, 2.24) is 10.6 Å². The fourth-order valence-corrected chi connectivity index (χ4v) is 4.63. The first-order valence-electron chi connectivity index (χ1n) is 11.3. The third kappa shape index (κ3) is 5.06. The first kappa shape index (κ1) is 23.6. The van der Waals surface area contributed by atoms with Gasteiger partial charge in [-0.15, -0.1) is 0 Å². The average Bonchev–Trinajstić information content (AvgIpc) is 3.30. The van der Waals surface area contributed by atoms with Crippen molar-refractivity contribution in [3.8, 4) is 11.5 Å². The molecule has 3 rings (SSSR count). The van der Waals surface area contributed by atoms with Gasteiger partial charge >= 0.3 is 0 Å². The van der Waals surface area contributed by atoms with Crippen molar-refractivity contribution in [1.29, 1.82) is 0 Å². The van der Waals surface area contributed by atoms with Crippen LogP contribution in [0.2, 0.25) is 0 Å². The second kappa shape index (κ2) is 10.5. The lowest BCUT2D eigenvalue weighted by molar-refractivity contribution is -0.124. The molecule has 2 N–H and O–H groups in total. The standard InChI is InChI=1S/C26H34N2O4/c1-18(2)23(28-24(29)19-11-5-7-13-21(19)31-3)25(30)27-17-26(15-9-10-16-26)20-12-6-8-14-22(20)32-4/h5-8,11-14,18,23H,9-10,15-17H2,1-4H3,(H,27,30)(H,28,29). The van der Waals surface area contributed by atoms with E-state index >= 15 is 0 Å². The molecule has 32 heavy (non-hydrogen) atoms. The molecular formula is C26H34N2O4. The molecule has 1 atom stereocenters. The van der Waals surface area contributed by atoms with Crippen LogP contribution in [0.1, 0.15) is 55.5 Å². The lowest BCUT2D eigenvalue weighted by atomic mass is 9.78. The first-order chi connectivity index (χ1) is 15.4. The van der Waals surface area contributed by atoms with E-state index in [0.29, 0.717) is 17.9 Å². The molecule has 6 heteroatoms. The third-order valence-electron chi connectivity index (χ3n) is 6.43. The van der Waals surface area contributed by atoms with E-state index in [1.807, 2.05) is 32.0 Å². The van der Waals surface area contributed by atoms with E-state index in [4.69, 9.17) is 9.47 Å². The summed E-state index contributed by atoms with van der Waals surface area (Å²) in [5, 5.41) is 6.04. The van der Waals surface area contributed by atoms with Crippen LogP contribution in [0.4, 0.5) is 0 Å². The third-order valence-corrected chi connectivity index (χ3v) is 6.43. The zero-order valence-corrected chi connectivity index (χ0v) is 19.4. The van der Waals surface area contributed by atoms with Crippen molar-refractivity contribution < 1.29 is 19.1 Å². The van der Waals surface area contributed by atoms with E-state index in [9.17, 15) is 9.59 Å². The molecule has 2 amide bonds. The Morgan fingerprint density at radius 3 is 2.16 bits per heavy atom. The second-order valence-electron chi connectivity index (χ2n) is 8.80. The van der Waals surface area contributed by atoms with E-state index in [1.54, 1.807) is 31.4 Å². The zero-order valence-electron chi connectivity index (χ0n) is 19.4. The van der Waals surface area contributed by atoms with Gasteiger partial charge in [0.1, 0.15) is 17.5 Å². The Labute approximate surface area is 190 Å². The quantitative estimate of drug-likeness (QED) is 0.618. The summed E-state index contributed by atoms with van der Waals surface area (Å²) in [6.45, 7) is 4.37. The summed E-state index contributed by atoms with van der Waals surface area (Å²) in [5.41, 5.74) is 1.39. The minimum atomic E-state index is -0.650. The number of benzene rings is 2. The van der Waals surface area contributed by atoms with Gasteiger partial charge in [0.05, 0.1) is 19.8 Å². The predicted octanol–water partition coefficient (Wildman–Crippen LogP) is 4.09. The van der Waals surface area contributed by atoms with Gasteiger partial charge in [-0.05, 0) is 37.0 Å². The molecule has 1 fully saturated rings. The molecule has 2 aromatic carbocycles. The van der Waals surface area contributed by atoms with Crippen molar-refractivity contribution in [2.75, 3.05) is 20.8 Å². The number of para-hydroxylation sites is 2. The highest BCUT2D eigenvalue weighted by Gasteiger charge is 2.39. The number of hydrogen-bond acceptors (Lipinski definition) is 4. The Kier molecular flexibility index (Phi) is 7.78. The fraction of sp³-hybridized carbons (Fsp3) is 0.462. The lowest BCUT2D eigenvalue weighted by Gasteiger charge is -2.32. The van der Waals surface area contributed by atoms with Crippen LogP contribution in [0.15, 0.2) is 48.5 Å². The Morgan fingerprint density at radius 1 is 0.938 bits per heavy atom. The van der Waals surface area contributed by atoms with Crippen LogP contribution in [0.5, 0.6) is 11.5 Å². The van der Waals surface area contributed by atoms with Gasteiger partial charge in [0, 0.05) is 17.5 Å². The maximum Gasteiger partial charge on any atom is 0.255 e. The monoisotopic (exact) mass is 438 g/mol. The molecule has 0 aromatic heterocycles. The lowest BCUT2D eigenvalue weighted by Crippen LogP contribution is -2.52. The molecule has 1 aliphatic rings. The minimum Gasteiger partial charge on any atom is -0.496 e. The van der Waals surface area contributed by atoms with Gasteiger partial charge in [0.25, 0.3) is 5.91 Å². The van der Waals surface area contributed by atoms with Crippen molar-refractivity contribution >= 4 is 11.8 Å². The molecule has 0 aliphatic heterocycles. The van der Waals surface area contributed by atoms with Gasteiger partial charge in [-0.1, -0.05) is 57.0 Å². The Morgan fingerprint density at radius 2 is 1.53 bits per heavy atom. The van der Waals surface area contributed by atoms with Crippen molar-refractivity contribution in [2.24, 2.45) is 5.92 Å². The predicted molar refractivity (Wildman–Crippen MR) is 125 cm³/mol. The number of ether oxygens (including phenoxy) is 2. The number of hydrogen-bond donors (Lipinski definition) is 2. The van der Waals surface area contributed by atoms with Crippen molar-refractivity contribution in [2.45, 2.75) is 51.0 Å². The van der Waals surface area contributed by atoms with Crippen LogP contribution in [0.25, 0.3) is 0 Å². The largest absolute Gasteiger partial charge is 0.496 e. The first-order valence-corrected chi connectivity index (χ1v) is 11.3. The molecule has 0 radical (unpaired) electrons. The number of rotatable bonds is 9. The summed E-state index contributed by atoms with van der Waals surface area (Å²) in [5.74, 6) is 0.767. The topological polar surface area (TPSA) is 76.7 Å². The molecule has 0 saturated heterocycles. The molecule has 172 valence electrons. The molecule has 1 aliphatic carbocycles. The van der Waals surface area contributed by atoms with Crippen LogP contribution >= 0.6 is 0 Å². The summed E-state index contributed by atoms with van der Waals surface area (Å²) in [6.07, 6.45) is 4.22. The van der Waals surface area contributed by atoms with Gasteiger partial charge in [0.2, 0.25) is 5.91 Å². The minimum absolute atomic E-state index is 0.0700. The van der Waals surface area contributed by atoms with Gasteiger partial charge in [0.15, 0.2) is 0 Å². The molecule has 0 spiro atoms. The smallest absolute Gasteiger partial charge is 0.255 e. The fourth-order valence-electron chi connectivity index (χ4n) is 4.63. The van der Waals surface area contributed by atoms with Crippen LogP contribution < -0.4 is 20.1 Å². The number of carbonyl (C=O) groups excluding carboxylic acids is 2.